The molecule has 0 spiro atoms. The summed E-state index contributed by atoms with van der Waals surface area (Å²) in [6.07, 6.45) is 1.42. The number of anilines is 2. The Morgan fingerprint density at radius 2 is 2.04 bits per heavy atom. The zero-order valence-corrected chi connectivity index (χ0v) is 15.1. The topological polar surface area (TPSA) is 78.5 Å². The van der Waals surface area contributed by atoms with E-state index in [1.165, 1.54) is 24.3 Å². The molecule has 1 aliphatic rings. The fourth-order valence-electron chi connectivity index (χ4n) is 2.85. The summed E-state index contributed by atoms with van der Waals surface area (Å²) in [7, 11) is -3.84. The van der Waals surface area contributed by atoms with Gasteiger partial charge in [0.2, 0.25) is 0 Å². The quantitative estimate of drug-likeness (QED) is 0.840. The fraction of sp³-hybridized carbons (Fsp3) is 0.278. The summed E-state index contributed by atoms with van der Waals surface area (Å²) in [6, 6.07) is 9.73. The van der Waals surface area contributed by atoms with Crippen molar-refractivity contribution >= 4 is 27.4 Å². The van der Waals surface area contributed by atoms with Crippen LogP contribution in [0.1, 0.15) is 18.9 Å². The van der Waals surface area contributed by atoms with Gasteiger partial charge in [0, 0.05) is 18.8 Å². The number of carbonyl (C=O) groups excluding carboxylic acids is 1. The van der Waals surface area contributed by atoms with Crippen LogP contribution in [0.25, 0.3) is 0 Å². The van der Waals surface area contributed by atoms with Crippen molar-refractivity contribution < 1.29 is 17.6 Å². The van der Waals surface area contributed by atoms with Crippen LogP contribution in [-0.2, 0) is 16.4 Å². The first-order valence-corrected chi connectivity index (χ1v) is 9.85. The first kappa shape index (κ1) is 18.2. The van der Waals surface area contributed by atoms with E-state index < -0.39 is 15.8 Å². The molecule has 6 nitrogen and oxygen atoms in total. The fourth-order valence-corrected chi connectivity index (χ4v) is 3.95. The van der Waals surface area contributed by atoms with E-state index in [0.717, 1.165) is 18.1 Å². The van der Waals surface area contributed by atoms with E-state index in [1.807, 2.05) is 6.92 Å². The van der Waals surface area contributed by atoms with Crippen molar-refractivity contribution in [3.63, 3.8) is 0 Å². The Hall–Kier alpha value is -2.61. The van der Waals surface area contributed by atoms with Gasteiger partial charge in [0.1, 0.15) is 5.82 Å². The zero-order chi connectivity index (χ0) is 18.7. The number of rotatable bonds is 5. The summed E-state index contributed by atoms with van der Waals surface area (Å²) in [4.78, 5) is 13.9. The van der Waals surface area contributed by atoms with Crippen LogP contribution in [-0.4, -0.2) is 27.5 Å². The summed E-state index contributed by atoms with van der Waals surface area (Å²) in [5, 5.41) is 2.82. The van der Waals surface area contributed by atoms with E-state index in [1.54, 1.807) is 17.0 Å². The second kappa shape index (κ2) is 7.33. The third kappa shape index (κ3) is 3.80. The van der Waals surface area contributed by atoms with E-state index in [9.17, 15) is 17.6 Å². The van der Waals surface area contributed by atoms with Crippen LogP contribution in [0, 0.1) is 5.82 Å². The monoisotopic (exact) mass is 377 g/mol. The number of carbonyl (C=O) groups is 1. The number of fused-ring (bicyclic) bond motifs is 1. The van der Waals surface area contributed by atoms with Gasteiger partial charge < -0.3 is 5.32 Å². The van der Waals surface area contributed by atoms with Crippen molar-refractivity contribution in [3.05, 3.63) is 53.8 Å². The highest BCUT2D eigenvalue weighted by Crippen LogP contribution is 2.30. The Morgan fingerprint density at radius 1 is 1.23 bits per heavy atom. The largest absolute Gasteiger partial charge is 0.338 e. The number of hydrogen-bond acceptors (Lipinski definition) is 3. The average molecular weight is 377 g/mol. The number of urea groups is 1. The molecule has 2 N–H and O–H groups in total. The minimum absolute atomic E-state index is 0.0799. The summed E-state index contributed by atoms with van der Waals surface area (Å²) in [5.41, 5.74) is 1.66. The minimum Gasteiger partial charge on any atom is -0.338 e. The molecular weight excluding hydrogens is 357 g/mol. The molecule has 2 aromatic rings. The molecule has 26 heavy (non-hydrogen) atoms. The van der Waals surface area contributed by atoms with Gasteiger partial charge in [-0.15, -0.1) is 0 Å². The van der Waals surface area contributed by atoms with Crippen LogP contribution in [0.2, 0.25) is 0 Å². The summed E-state index contributed by atoms with van der Waals surface area (Å²) in [6.45, 7) is 3.07. The number of sulfonamides is 1. The predicted octanol–water partition coefficient (Wildman–Crippen LogP) is 3.11. The third-order valence-electron chi connectivity index (χ3n) is 4.11. The summed E-state index contributed by atoms with van der Waals surface area (Å²) < 4.78 is 40.7. The molecule has 8 heteroatoms. The van der Waals surface area contributed by atoms with Gasteiger partial charge in [-0.2, -0.15) is 0 Å². The average Bonchev–Trinajstić information content (AvgIpc) is 3.02. The van der Waals surface area contributed by atoms with Crippen molar-refractivity contribution in [3.8, 4) is 0 Å². The molecule has 0 saturated heterocycles. The number of nitrogens with one attached hydrogen (secondary N) is 2. The molecule has 1 heterocycles. The lowest BCUT2D eigenvalue weighted by Crippen LogP contribution is -2.39. The maximum Gasteiger partial charge on any atom is 0.321 e. The number of hydrogen-bond donors (Lipinski definition) is 2. The normalized spacial score (nSPS) is 13.4. The Kier molecular flexibility index (Phi) is 5.13. The number of halogens is 1. The maximum absolute atomic E-state index is 13.3. The van der Waals surface area contributed by atoms with E-state index in [0.29, 0.717) is 25.2 Å². The van der Waals surface area contributed by atoms with Crippen LogP contribution >= 0.6 is 0 Å². The highest BCUT2D eigenvalue weighted by molar-refractivity contribution is 7.92. The minimum atomic E-state index is -3.84. The van der Waals surface area contributed by atoms with E-state index >= 15 is 0 Å². The van der Waals surface area contributed by atoms with Crippen LogP contribution in [0.4, 0.5) is 20.6 Å². The van der Waals surface area contributed by atoms with Crippen molar-refractivity contribution in [2.45, 2.75) is 24.7 Å². The molecule has 1 aliphatic heterocycles. The van der Waals surface area contributed by atoms with Crippen LogP contribution in [0.15, 0.2) is 47.4 Å². The third-order valence-corrected chi connectivity index (χ3v) is 5.48. The molecular formula is C18H20FN3O3S. The molecule has 0 aliphatic carbocycles. The Labute approximate surface area is 152 Å². The Balaban J connectivity index is 1.82. The molecule has 0 atom stereocenters. The Bertz CT molecular complexity index is 931. The lowest BCUT2D eigenvalue weighted by Gasteiger charge is -2.18. The van der Waals surface area contributed by atoms with Gasteiger partial charge in [-0.1, -0.05) is 13.0 Å². The Morgan fingerprint density at radius 3 is 2.77 bits per heavy atom. The smallest absolute Gasteiger partial charge is 0.321 e. The van der Waals surface area contributed by atoms with Crippen LogP contribution in [0.5, 0.6) is 0 Å². The maximum atomic E-state index is 13.3. The summed E-state index contributed by atoms with van der Waals surface area (Å²) in [5.74, 6) is -0.520. The van der Waals surface area contributed by atoms with Gasteiger partial charge in [0.15, 0.2) is 0 Å². The molecule has 0 unspecified atom stereocenters. The summed E-state index contributed by atoms with van der Waals surface area (Å²) >= 11 is 0. The molecule has 2 aromatic carbocycles. The lowest BCUT2D eigenvalue weighted by atomic mass is 10.2. The van der Waals surface area contributed by atoms with Crippen molar-refractivity contribution in [2.75, 3.05) is 22.7 Å². The van der Waals surface area contributed by atoms with Crippen molar-refractivity contribution in [2.24, 2.45) is 0 Å². The van der Waals surface area contributed by atoms with Gasteiger partial charge in [0.25, 0.3) is 10.0 Å². The molecule has 0 fully saturated rings. The van der Waals surface area contributed by atoms with Gasteiger partial charge in [-0.25, -0.2) is 17.6 Å². The second-order valence-electron chi connectivity index (χ2n) is 6.04. The predicted molar refractivity (Wildman–Crippen MR) is 98.4 cm³/mol. The van der Waals surface area contributed by atoms with E-state index in [4.69, 9.17) is 0 Å². The van der Waals surface area contributed by atoms with Gasteiger partial charge in [-0.05, 0) is 54.8 Å². The number of nitrogens with zero attached hydrogens (tertiary/aromatic N) is 1. The van der Waals surface area contributed by atoms with E-state index in [-0.39, 0.29) is 16.6 Å². The SMILES string of the molecule is CCCNC(=O)N1CCc2cc(S(=O)(=O)Nc3cccc(F)c3)ccc21. The zero-order valence-electron chi connectivity index (χ0n) is 14.3. The number of benzene rings is 2. The molecule has 138 valence electrons. The van der Waals surface area contributed by atoms with Gasteiger partial charge in [0.05, 0.1) is 10.6 Å². The van der Waals surface area contributed by atoms with Gasteiger partial charge >= 0.3 is 6.03 Å². The molecule has 0 bridgehead atoms. The van der Waals surface area contributed by atoms with E-state index in [2.05, 4.69) is 10.0 Å². The molecule has 0 radical (unpaired) electrons. The molecule has 0 saturated carbocycles. The highest BCUT2D eigenvalue weighted by Gasteiger charge is 2.26. The van der Waals surface area contributed by atoms with Crippen LogP contribution in [0.3, 0.4) is 0 Å². The second-order valence-corrected chi connectivity index (χ2v) is 7.72. The van der Waals surface area contributed by atoms with Crippen LogP contribution < -0.4 is 14.9 Å². The molecule has 0 aromatic heterocycles. The highest BCUT2D eigenvalue weighted by atomic mass is 32.2. The lowest BCUT2D eigenvalue weighted by molar-refractivity contribution is 0.247. The van der Waals surface area contributed by atoms with Crippen molar-refractivity contribution in [1.82, 2.24) is 5.32 Å². The van der Waals surface area contributed by atoms with Gasteiger partial charge in [-0.3, -0.25) is 9.62 Å². The standard InChI is InChI=1S/C18H20FN3O3S/c1-2-9-20-18(23)22-10-8-13-11-16(6-7-17(13)22)26(24,25)21-15-5-3-4-14(19)12-15/h3-7,11-12,21H,2,8-10H2,1H3,(H,20,23). The first-order chi connectivity index (χ1) is 12.4. The van der Waals surface area contributed by atoms with Crippen molar-refractivity contribution in [1.29, 1.82) is 0 Å². The molecule has 3 rings (SSSR count). The first-order valence-electron chi connectivity index (χ1n) is 8.37. The molecule has 2 amide bonds. The number of amides is 2.